The van der Waals surface area contributed by atoms with Crippen LogP contribution in [0.2, 0.25) is 0 Å². The van der Waals surface area contributed by atoms with Crippen LogP contribution in [-0.4, -0.2) is 15.5 Å². The molecule has 1 amide bonds. The van der Waals surface area contributed by atoms with Crippen molar-refractivity contribution in [1.82, 2.24) is 9.55 Å². The number of thioether (sulfide) groups is 1. The summed E-state index contributed by atoms with van der Waals surface area (Å²) < 4.78 is 1.68. The lowest BCUT2D eigenvalue weighted by Crippen LogP contribution is -2.26. The molecule has 0 aliphatic heterocycles. The van der Waals surface area contributed by atoms with Gasteiger partial charge in [0.05, 0.1) is 11.9 Å². The van der Waals surface area contributed by atoms with Crippen molar-refractivity contribution in [1.29, 1.82) is 0 Å². The smallest absolute Gasteiger partial charge is 0.263 e. The zero-order valence-corrected chi connectivity index (χ0v) is 19.9. The molecule has 0 saturated heterocycles. The maximum absolute atomic E-state index is 13.7. The summed E-state index contributed by atoms with van der Waals surface area (Å²) in [5, 5.41) is 0.523. The van der Waals surface area contributed by atoms with E-state index in [1.54, 1.807) is 15.9 Å². The van der Waals surface area contributed by atoms with E-state index in [1.807, 2.05) is 68.4 Å². The number of rotatable bonds is 7. The zero-order valence-electron chi connectivity index (χ0n) is 18.3. The van der Waals surface area contributed by atoms with Crippen LogP contribution in [0.1, 0.15) is 39.3 Å². The minimum absolute atomic E-state index is 0.0807. The van der Waals surface area contributed by atoms with Gasteiger partial charge in [0.2, 0.25) is 5.91 Å². The van der Waals surface area contributed by atoms with Gasteiger partial charge in [-0.15, -0.1) is 11.3 Å². The number of nitrogens with zero attached hydrogens (tertiary/aromatic N) is 2. The number of benzene rings is 2. The lowest BCUT2D eigenvalue weighted by molar-refractivity contribution is -0.117. The Morgan fingerprint density at radius 3 is 2.44 bits per heavy atom. The van der Waals surface area contributed by atoms with Gasteiger partial charge in [0.15, 0.2) is 5.16 Å². The SMILES string of the molecule is CCc1sc2nc(SC(C(N)=O)c3ccccc3)n(Cc3ccc(C)cc3)c(=O)c2c1C. The molecule has 1 unspecified atom stereocenters. The van der Waals surface area contributed by atoms with Gasteiger partial charge >= 0.3 is 0 Å². The highest BCUT2D eigenvalue weighted by Crippen LogP contribution is 2.36. The molecule has 0 spiro atoms. The van der Waals surface area contributed by atoms with Crippen molar-refractivity contribution in [2.75, 3.05) is 0 Å². The van der Waals surface area contributed by atoms with Crippen LogP contribution in [0, 0.1) is 13.8 Å². The number of carbonyl (C=O) groups excluding carboxylic acids is 1. The van der Waals surface area contributed by atoms with Crippen molar-refractivity contribution in [2.24, 2.45) is 5.73 Å². The maximum Gasteiger partial charge on any atom is 0.263 e. The van der Waals surface area contributed by atoms with Gasteiger partial charge in [-0.3, -0.25) is 14.2 Å². The standard InChI is InChI=1S/C25H25N3O2S2/c1-4-19-16(3)20-23(31-19)27-25(32-21(22(26)29)18-8-6-5-7-9-18)28(24(20)30)14-17-12-10-15(2)11-13-17/h5-13,21H,4,14H2,1-3H3,(H2,26,29). The molecule has 2 aromatic heterocycles. The van der Waals surface area contributed by atoms with E-state index in [9.17, 15) is 9.59 Å². The largest absolute Gasteiger partial charge is 0.368 e. The van der Waals surface area contributed by atoms with E-state index in [1.165, 1.54) is 11.8 Å². The van der Waals surface area contributed by atoms with E-state index < -0.39 is 11.2 Å². The Morgan fingerprint density at radius 2 is 1.81 bits per heavy atom. The number of aryl methyl sites for hydroxylation is 3. The van der Waals surface area contributed by atoms with Crippen LogP contribution in [-0.2, 0) is 17.8 Å². The monoisotopic (exact) mass is 463 g/mol. The van der Waals surface area contributed by atoms with Gasteiger partial charge in [-0.05, 0) is 37.0 Å². The average Bonchev–Trinajstić information content (AvgIpc) is 3.11. The Morgan fingerprint density at radius 1 is 1.12 bits per heavy atom. The molecule has 1 atom stereocenters. The third kappa shape index (κ3) is 4.36. The van der Waals surface area contributed by atoms with E-state index in [0.717, 1.165) is 33.6 Å². The van der Waals surface area contributed by atoms with Crippen LogP contribution in [0.15, 0.2) is 64.5 Å². The number of fused-ring (bicyclic) bond motifs is 1. The van der Waals surface area contributed by atoms with Gasteiger partial charge in [-0.1, -0.05) is 78.8 Å². The van der Waals surface area contributed by atoms with Gasteiger partial charge in [-0.2, -0.15) is 0 Å². The predicted octanol–water partition coefficient (Wildman–Crippen LogP) is 5.00. The Bertz CT molecular complexity index is 1330. The average molecular weight is 464 g/mol. The Kier molecular flexibility index (Phi) is 6.48. The number of nitrogens with two attached hydrogens (primary N) is 1. The summed E-state index contributed by atoms with van der Waals surface area (Å²) in [6.45, 7) is 6.47. The van der Waals surface area contributed by atoms with Crippen molar-refractivity contribution >= 4 is 39.2 Å². The maximum atomic E-state index is 13.7. The molecule has 4 rings (SSSR count). The predicted molar refractivity (Wildman–Crippen MR) is 133 cm³/mol. The second-order valence-corrected chi connectivity index (χ2v) is 9.92. The fraction of sp³-hybridized carbons (Fsp3) is 0.240. The molecule has 2 N–H and O–H groups in total. The summed E-state index contributed by atoms with van der Waals surface area (Å²) in [5.74, 6) is -0.464. The lowest BCUT2D eigenvalue weighted by atomic mass is 10.1. The van der Waals surface area contributed by atoms with Crippen molar-refractivity contribution in [2.45, 2.75) is 44.1 Å². The molecule has 0 saturated carbocycles. The normalized spacial score (nSPS) is 12.2. The fourth-order valence-corrected chi connectivity index (χ4v) is 5.91. The topological polar surface area (TPSA) is 78.0 Å². The molecule has 0 bridgehead atoms. The van der Waals surface area contributed by atoms with Crippen LogP contribution in [0.5, 0.6) is 0 Å². The minimum atomic E-state index is -0.642. The second kappa shape index (κ2) is 9.30. The molecule has 32 heavy (non-hydrogen) atoms. The number of carbonyl (C=O) groups is 1. The van der Waals surface area contributed by atoms with Crippen LogP contribution in [0.25, 0.3) is 10.2 Å². The molecular weight excluding hydrogens is 438 g/mol. The molecule has 5 nitrogen and oxygen atoms in total. The van der Waals surface area contributed by atoms with Crippen LogP contribution in [0.3, 0.4) is 0 Å². The third-order valence-corrected chi connectivity index (χ3v) is 8.07. The first kappa shape index (κ1) is 22.3. The number of amides is 1. The summed E-state index contributed by atoms with van der Waals surface area (Å²) in [6.07, 6.45) is 0.848. The first-order valence-corrected chi connectivity index (χ1v) is 12.2. The van der Waals surface area contributed by atoms with Crippen molar-refractivity contribution in [3.05, 3.63) is 92.1 Å². The van der Waals surface area contributed by atoms with Crippen molar-refractivity contribution in [3.8, 4) is 0 Å². The summed E-state index contributed by atoms with van der Waals surface area (Å²) in [4.78, 5) is 32.7. The van der Waals surface area contributed by atoms with Crippen LogP contribution < -0.4 is 11.3 Å². The molecule has 0 radical (unpaired) electrons. The van der Waals surface area contributed by atoms with Gasteiger partial charge in [0.25, 0.3) is 5.56 Å². The van der Waals surface area contributed by atoms with Gasteiger partial charge < -0.3 is 5.73 Å². The van der Waals surface area contributed by atoms with Crippen molar-refractivity contribution in [3.63, 3.8) is 0 Å². The summed E-state index contributed by atoms with van der Waals surface area (Å²) in [7, 11) is 0. The number of hydrogen-bond donors (Lipinski definition) is 1. The second-order valence-electron chi connectivity index (χ2n) is 7.77. The number of hydrogen-bond acceptors (Lipinski definition) is 5. The summed E-state index contributed by atoms with van der Waals surface area (Å²) in [6, 6.07) is 17.5. The Hall–Kier alpha value is -2.90. The highest BCUT2D eigenvalue weighted by molar-refractivity contribution is 8.00. The van der Waals surface area contributed by atoms with E-state index in [0.29, 0.717) is 21.9 Å². The highest BCUT2D eigenvalue weighted by atomic mass is 32.2. The number of aromatic nitrogens is 2. The lowest BCUT2D eigenvalue weighted by Gasteiger charge is -2.17. The molecular formula is C25H25N3O2S2. The summed E-state index contributed by atoms with van der Waals surface area (Å²) >= 11 is 2.78. The van der Waals surface area contributed by atoms with E-state index in [4.69, 9.17) is 10.7 Å². The van der Waals surface area contributed by atoms with Gasteiger partial charge in [-0.25, -0.2) is 4.98 Å². The first-order chi connectivity index (χ1) is 15.4. The van der Waals surface area contributed by atoms with E-state index in [-0.39, 0.29) is 5.56 Å². The number of primary amides is 1. The van der Waals surface area contributed by atoms with Crippen molar-refractivity contribution < 1.29 is 4.79 Å². The Labute approximate surface area is 195 Å². The van der Waals surface area contributed by atoms with E-state index >= 15 is 0 Å². The third-order valence-electron chi connectivity index (χ3n) is 5.48. The Balaban J connectivity index is 1.88. The number of thiophene rings is 1. The fourth-order valence-electron chi connectivity index (χ4n) is 3.71. The van der Waals surface area contributed by atoms with Gasteiger partial charge in [0, 0.05) is 4.88 Å². The molecule has 0 aliphatic carbocycles. The molecule has 0 aliphatic rings. The molecule has 164 valence electrons. The molecule has 4 aromatic rings. The van der Waals surface area contributed by atoms with Crippen LogP contribution >= 0.6 is 23.1 Å². The first-order valence-electron chi connectivity index (χ1n) is 10.5. The van der Waals surface area contributed by atoms with E-state index in [2.05, 4.69) is 6.92 Å². The van der Waals surface area contributed by atoms with Crippen LogP contribution in [0.4, 0.5) is 0 Å². The summed E-state index contributed by atoms with van der Waals surface area (Å²) in [5.41, 5.74) is 9.62. The molecule has 2 heterocycles. The highest BCUT2D eigenvalue weighted by Gasteiger charge is 2.24. The van der Waals surface area contributed by atoms with Gasteiger partial charge in [0.1, 0.15) is 10.1 Å². The minimum Gasteiger partial charge on any atom is -0.368 e. The molecule has 7 heteroatoms. The molecule has 0 fully saturated rings. The molecule has 2 aromatic carbocycles. The zero-order chi connectivity index (χ0) is 22.8. The quantitative estimate of drug-likeness (QED) is 0.309.